The molecule has 0 saturated carbocycles. The standard InChI is InChI=1S/C17H18ClNO2S/c1-22(21)12-16(14-7-3-2-4-8-14)19-17(20)11-13-6-5-9-15(18)10-13/h2-10,16H,11-12H2,1H3,(H,19,20)/t16-,22-/m1/s1. The van der Waals surface area contributed by atoms with Gasteiger partial charge in [-0.05, 0) is 23.3 Å². The van der Waals surface area contributed by atoms with E-state index in [1.165, 1.54) is 0 Å². The van der Waals surface area contributed by atoms with Crippen molar-refractivity contribution in [2.24, 2.45) is 0 Å². The lowest BCUT2D eigenvalue weighted by Crippen LogP contribution is -2.32. The molecule has 0 bridgehead atoms. The lowest BCUT2D eigenvalue weighted by atomic mass is 10.1. The fourth-order valence-corrected chi connectivity index (χ4v) is 3.18. The van der Waals surface area contributed by atoms with Crippen LogP contribution in [0.5, 0.6) is 0 Å². The summed E-state index contributed by atoms with van der Waals surface area (Å²) in [6.07, 6.45) is 1.89. The zero-order valence-corrected chi connectivity index (χ0v) is 13.9. The molecular weight excluding hydrogens is 318 g/mol. The molecule has 2 aromatic rings. The van der Waals surface area contributed by atoms with E-state index < -0.39 is 10.8 Å². The molecule has 3 nitrogen and oxygen atoms in total. The zero-order valence-electron chi connectivity index (χ0n) is 12.3. The highest BCUT2D eigenvalue weighted by Gasteiger charge is 2.16. The van der Waals surface area contributed by atoms with Gasteiger partial charge in [0.2, 0.25) is 5.91 Å². The largest absolute Gasteiger partial charge is 0.348 e. The number of hydrogen-bond acceptors (Lipinski definition) is 2. The van der Waals surface area contributed by atoms with Crippen LogP contribution in [0.1, 0.15) is 17.2 Å². The van der Waals surface area contributed by atoms with Gasteiger partial charge in [0.05, 0.1) is 12.5 Å². The second kappa shape index (κ2) is 8.11. The Hall–Kier alpha value is -1.65. The highest BCUT2D eigenvalue weighted by atomic mass is 35.5. The van der Waals surface area contributed by atoms with Gasteiger partial charge in [-0.2, -0.15) is 0 Å². The average molecular weight is 336 g/mol. The van der Waals surface area contributed by atoms with E-state index in [2.05, 4.69) is 5.32 Å². The number of carbonyl (C=O) groups is 1. The van der Waals surface area contributed by atoms with Gasteiger partial charge in [0.25, 0.3) is 0 Å². The molecule has 0 heterocycles. The van der Waals surface area contributed by atoms with Gasteiger partial charge in [-0.25, -0.2) is 0 Å². The highest BCUT2D eigenvalue weighted by Crippen LogP contribution is 2.15. The van der Waals surface area contributed by atoms with E-state index in [0.717, 1.165) is 11.1 Å². The number of nitrogens with one attached hydrogen (secondary N) is 1. The van der Waals surface area contributed by atoms with Crippen LogP contribution < -0.4 is 5.32 Å². The summed E-state index contributed by atoms with van der Waals surface area (Å²) in [5.74, 6) is 0.284. The van der Waals surface area contributed by atoms with Gasteiger partial charge in [0.1, 0.15) is 0 Å². The van der Waals surface area contributed by atoms with E-state index >= 15 is 0 Å². The number of hydrogen-bond donors (Lipinski definition) is 1. The SMILES string of the molecule is C[S@@](=O)C[C@@H](NC(=O)Cc1cccc(Cl)c1)c1ccccc1. The molecule has 5 heteroatoms. The third-order valence-electron chi connectivity index (χ3n) is 3.19. The van der Waals surface area contributed by atoms with Crippen molar-refractivity contribution in [3.63, 3.8) is 0 Å². The summed E-state index contributed by atoms with van der Waals surface area (Å²) < 4.78 is 11.6. The molecule has 2 aromatic carbocycles. The Morgan fingerprint density at radius 2 is 1.91 bits per heavy atom. The van der Waals surface area contributed by atoms with Crippen LogP contribution in [0.25, 0.3) is 0 Å². The van der Waals surface area contributed by atoms with E-state index in [1.807, 2.05) is 42.5 Å². The minimum absolute atomic E-state index is 0.110. The zero-order chi connectivity index (χ0) is 15.9. The Kier molecular flexibility index (Phi) is 6.16. The van der Waals surface area contributed by atoms with Crippen LogP contribution in [0.15, 0.2) is 54.6 Å². The van der Waals surface area contributed by atoms with Crippen LogP contribution in [0.3, 0.4) is 0 Å². The molecule has 22 heavy (non-hydrogen) atoms. The monoisotopic (exact) mass is 335 g/mol. The van der Waals surface area contributed by atoms with Crippen molar-refractivity contribution in [2.75, 3.05) is 12.0 Å². The van der Waals surface area contributed by atoms with Gasteiger partial charge in [-0.15, -0.1) is 0 Å². The van der Waals surface area contributed by atoms with E-state index in [1.54, 1.807) is 18.4 Å². The molecule has 2 rings (SSSR count). The summed E-state index contributed by atoms with van der Waals surface area (Å²) in [7, 11) is -0.999. The maximum absolute atomic E-state index is 12.2. The molecule has 0 unspecified atom stereocenters. The number of rotatable bonds is 6. The molecule has 0 radical (unpaired) electrons. The molecule has 116 valence electrons. The number of halogens is 1. The second-order valence-electron chi connectivity index (χ2n) is 5.08. The Morgan fingerprint density at radius 1 is 1.18 bits per heavy atom. The van der Waals surface area contributed by atoms with E-state index in [9.17, 15) is 9.00 Å². The maximum atomic E-state index is 12.2. The predicted molar refractivity (Wildman–Crippen MR) is 91.4 cm³/mol. The minimum Gasteiger partial charge on any atom is -0.348 e. The van der Waals surface area contributed by atoms with Gasteiger partial charge < -0.3 is 5.32 Å². The first-order valence-electron chi connectivity index (χ1n) is 6.93. The quantitative estimate of drug-likeness (QED) is 0.881. The third-order valence-corrected chi connectivity index (χ3v) is 4.23. The lowest BCUT2D eigenvalue weighted by molar-refractivity contribution is -0.121. The molecule has 1 N–H and O–H groups in total. The molecule has 0 saturated heterocycles. The van der Waals surface area contributed by atoms with Crippen LogP contribution in [0, 0.1) is 0 Å². The molecule has 0 aliphatic rings. The van der Waals surface area contributed by atoms with Crippen molar-refractivity contribution < 1.29 is 9.00 Å². The first-order chi connectivity index (χ1) is 10.5. The Balaban J connectivity index is 2.06. The summed E-state index contributed by atoms with van der Waals surface area (Å²) in [6, 6.07) is 16.6. The smallest absolute Gasteiger partial charge is 0.224 e. The summed E-state index contributed by atoms with van der Waals surface area (Å²) in [5, 5.41) is 3.57. The third kappa shape index (κ3) is 5.28. The van der Waals surface area contributed by atoms with Crippen LogP contribution in [-0.2, 0) is 22.0 Å². The molecular formula is C17H18ClNO2S. The van der Waals surface area contributed by atoms with E-state index in [0.29, 0.717) is 10.8 Å². The summed E-state index contributed by atoms with van der Waals surface area (Å²) >= 11 is 5.93. The summed E-state index contributed by atoms with van der Waals surface area (Å²) in [4.78, 5) is 12.2. The first kappa shape index (κ1) is 16.7. The Labute approximate surface area is 138 Å². The first-order valence-corrected chi connectivity index (χ1v) is 9.04. The maximum Gasteiger partial charge on any atom is 0.224 e. The number of amides is 1. The Bertz CT molecular complexity index is 661. The normalized spacial score (nSPS) is 13.4. The van der Waals surface area contributed by atoms with Gasteiger partial charge in [0.15, 0.2) is 0 Å². The van der Waals surface area contributed by atoms with Crippen molar-refractivity contribution in [1.29, 1.82) is 0 Å². The summed E-state index contributed by atoms with van der Waals surface area (Å²) in [5.41, 5.74) is 1.81. The minimum atomic E-state index is -0.999. The highest BCUT2D eigenvalue weighted by molar-refractivity contribution is 7.84. The molecule has 1 amide bonds. The van der Waals surface area contributed by atoms with Crippen LogP contribution in [-0.4, -0.2) is 22.1 Å². The van der Waals surface area contributed by atoms with Crippen molar-refractivity contribution in [1.82, 2.24) is 5.32 Å². The van der Waals surface area contributed by atoms with Gasteiger partial charge in [-0.3, -0.25) is 9.00 Å². The predicted octanol–water partition coefficient (Wildman–Crippen LogP) is 3.12. The molecule has 0 aliphatic carbocycles. The van der Waals surface area contributed by atoms with Crippen molar-refractivity contribution >= 4 is 28.3 Å². The van der Waals surface area contributed by atoms with E-state index in [-0.39, 0.29) is 18.4 Å². The molecule has 0 fully saturated rings. The van der Waals surface area contributed by atoms with Gasteiger partial charge in [-0.1, -0.05) is 54.1 Å². The van der Waals surface area contributed by atoms with E-state index in [4.69, 9.17) is 11.6 Å². The molecule has 0 spiro atoms. The van der Waals surface area contributed by atoms with Gasteiger partial charge >= 0.3 is 0 Å². The molecule has 0 aliphatic heterocycles. The summed E-state index contributed by atoms with van der Waals surface area (Å²) in [6.45, 7) is 0. The van der Waals surface area contributed by atoms with Crippen LogP contribution in [0.4, 0.5) is 0 Å². The van der Waals surface area contributed by atoms with Crippen molar-refractivity contribution in [2.45, 2.75) is 12.5 Å². The second-order valence-corrected chi connectivity index (χ2v) is 6.99. The fourth-order valence-electron chi connectivity index (χ4n) is 2.22. The fraction of sp³-hybridized carbons (Fsp3) is 0.235. The Morgan fingerprint density at radius 3 is 2.55 bits per heavy atom. The van der Waals surface area contributed by atoms with Crippen LogP contribution in [0.2, 0.25) is 5.02 Å². The van der Waals surface area contributed by atoms with Gasteiger partial charge in [0, 0.05) is 27.8 Å². The molecule has 2 atom stereocenters. The molecule has 0 aromatic heterocycles. The average Bonchev–Trinajstić information content (AvgIpc) is 2.47. The van der Waals surface area contributed by atoms with Crippen molar-refractivity contribution in [3.05, 3.63) is 70.7 Å². The number of carbonyl (C=O) groups excluding carboxylic acids is 1. The lowest BCUT2D eigenvalue weighted by Gasteiger charge is -2.18. The number of benzene rings is 2. The van der Waals surface area contributed by atoms with Crippen LogP contribution >= 0.6 is 11.6 Å². The topological polar surface area (TPSA) is 46.2 Å². The van der Waals surface area contributed by atoms with Crippen molar-refractivity contribution in [3.8, 4) is 0 Å².